The van der Waals surface area contributed by atoms with Crippen LogP contribution in [0.25, 0.3) is 17.8 Å². The molecule has 0 aliphatic carbocycles. The molecule has 22 heavy (non-hydrogen) atoms. The predicted octanol–water partition coefficient (Wildman–Crippen LogP) is 2.45. The number of hydrogen-bond donors (Lipinski definition) is 1. The molecule has 0 spiro atoms. The van der Waals surface area contributed by atoms with Gasteiger partial charge >= 0.3 is 0 Å². The molecule has 0 bridgehead atoms. The summed E-state index contributed by atoms with van der Waals surface area (Å²) in [5, 5.41) is 0. The lowest BCUT2D eigenvalue weighted by Crippen LogP contribution is -2.13. The first kappa shape index (κ1) is 13.9. The number of carbonyl (C=O) groups excluding carboxylic acids is 1. The van der Waals surface area contributed by atoms with E-state index < -0.39 is 5.91 Å². The first-order valence-corrected chi connectivity index (χ1v) is 6.63. The third kappa shape index (κ3) is 2.58. The molecular weight excluding hydrogens is 283 g/mol. The minimum atomic E-state index is -0.556. The second kappa shape index (κ2) is 5.40. The molecule has 0 radical (unpaired) electrons. The van der Waals surface area contributed by atoms with Crippen LogP contribution in [0.1, 0.15) is 27.4 Å². The lowest BCUT2D eigenvalue weighted by molar-refractivity contribution is 0.0995. The highest BCUT2D eigenvalue weighted by Crippen LogP contribution is 2.13. The minimum Gasteiger partial charge on any atom is -0.364 e. The highest BCUT2D eigenvalue weighted by atomic mass is 19.1. The second-order valence-corrected chi connectivity index (χ2v) is 4.85. The normalized spacial score (nSPS) is 11.4. The number of amides is 1. The molecule has 0 fully saturated rings. The number of imidazole rings is 1. The summed E-state index contributed by atoms with van der Waals surface area (Å²) in [5.74, 6) is -0.941. The van der Waals surface area contributed by atoms with E-state index in [0.717, 1.165) is 11.3 Å². The highest BCUT2D eigenvalue weighted by molar-refractivity contribution is 5.91. The summed E-state index contributed by atoms with van der Waals surface area (Å²) in [5.41, 5.74) is 7.99. The molecule has 0 aromatic carbocycles. The van der Waals surface area contributed by atoms with E-state index in [-0.39, 0.29) is 11.5 Å². The van der Waals surface area contributed by atoms with Crippen LogP contribution in [0.15, 0.2) is 36.7 Å². The van der Waals surface area contributed by atoms with Gasteiger partial charge in [0.05, 0.1) is 11.9 Å². The van der Waals surface area contributed by atoms with Crippen LogP contribution in [-0.4, -0.2) is 20.3 Å². The van der Waals surface area contributed by atoms with Gasteiger partial charge in [-0.05, 0) is 42.8 Å². The van der Waals surface area contributed by atoms with Crippen molar-refractivity contribution < 1.29 is 9.18 Å². The third-order valence-electron chi connectivity index (χ3n) is 3.23. The number of fused-ring (bicyclic) bond motifs is 1. The quantitative estimate of drug-likeness (QED) is 0.806. The Hall–Kier alpha value is -3.02. The number of nitrogens with two attached hydrogens (primary N) is 1. The average molecular weight is 296 g/mol. The number of aromatic nitrogens is 3. The zero-order valence-electron chi connectivity index (χ0n) is 11.8. The van der Waals surface area contributed by atoms with Gasteiger partial charge in [0.2, 0.25) is 0 Å². The summed E-state index contributed by atoms with van der Waals surface area (Å²) in [7, 11) is 0. The van der Waals surface area contributed by atoms with Gasteiger partial charge in [-0.1, -0.05) is 6.08 Å². The van der Waals surface area contributed by atoms with Gasteiger partial charge < -0.3 is 5.73 Å². The number of halogens is 1. The maximum absolute atomic E-state index is 13.7. The Balaban J connectivity index is 2.00. The van der Waals surface area contributed by atoms with Crippen LogP contribution in [0, 0.1) is 12.7 Å². The van der Waals surface area contributed by atoms with Crippen LogP contribution in [0.5, 0.6) is 0 Å². The van der Waals surface area contributed by atoms with Crippen LogP contribution >= 0.6 is 0 Å². The van der Waals surface area contributed by atoms with Gasteiger partial charge in [0.25, 0.3) is 5.91 Å². The second-order valence-electron chi connectivity index (χ2n) is 4.85. The molecule has 0 unspecified atom stereocenters. The van der Waals surface area contributed by atoms with Crippen molar-refractivity contribution in [3.05, 3.63) is 65.1 Å². The zero-order valence-corrected chi connectivity index (χ0v) is 11.8. The lowest BCUT2D eigenvalue weighted by Gasteiger charge is -2.01. The molecule has 0 saturated carbocycles. The van der Waals surface area contributed by atoms with Crippen LogP contribution < -0.4 is 5.73 Å². The maximum Gasteiger partial charge on any atom is 0.267 e. The summed E-state index contributed by atoms with van der Waals surface area (Å²) < 4.78 is 15.3. The molecule has 0 aliphatic rings. The maximum atomic E-state index is 13.7. The molecule has 110 valence electrons. The number of rotatable bonds is 3. The summed E-state index contributed by atoms with van der Waals surface area (Å²) in [4.78, 5) is 19.6. The van der Waals surface area contributed by atoms with Crippen molar-refractivity contribution >= 4 is 23.7 Å². The Morgan fingerprint density at radius 2 is 2.09 bits per heavy atom. The Morgan fingerprint density at radius 3 is 2.86 bits per heavy atom. The summed E-state index contributed by atoms with van der Waals surface area (Å²) in [6.45, 7) is 1.80. The fourth-order valence-corrected chi connectivity index (χ4v) is 2.13. The van der Waals surface area contributed by atoms with Crippen molar-refractivity contribution in [1.29, 1.82) is 0 Å². The molecule has 0 saturated heterocycles. The Morgan fingerprint density at radius 1 is 1.27 bits per heavy atom. The largest absolute Gasteiger partial charge is 0.364 e. The molecule has 6 heteroatoms. The zero-order chi connectivity index (χ0) is 15.7. The van der Waals surface area contributed by atoms with Gasteiger partial charge in [-0.15, -0.1) is 0 Å². The van der Waals surface area contributed by atoms with Gasteiger partial charge in [0.15, 0.2) is 0 Å². The van der Waals surface area contributed by atoms with Gasteiger partial charge in [0, 0.05) is 11.9 Å². The highest BCUT2D eigenvalue weighted by Gasteiger charge is 2.08. The van der Waals surface area contributed by atoms with E-state index in [1.165, 1.54) is 12.3 Å². The first-order chi connectivity index (χ1) is 10.5. The van der Waals surface area contributed by atoms with E-state index in [9.17, 15) is 9.18 Å². The predicted molar refractivity (Wildman–Crippen MR) is 81.6 cm³/mol. The lowest BCUT2D eigenvalue weighted by atomic mass is 10.2. The number of carbonyl (C=O) groups is 1. The van der Waals surface area contributed by atoms with E-state index in [4.69, 9.17) is 5.73 Å². The fourth-order valence-electron chi connectivity index (χ4n) is 2.13. The van der Waals surface area contributed by atoms with Crippen molar-refractivity contribution in [3.63, 3.8) is 0 Å². The summed E-state index contributed by atoms with van der Waals surface area (Å²) >= 11 is 0. The number of aryl methyl sites for hydroxylation is 1. The molecule has 5 nitrogen and oxygen atoms in total. The number of primary amides is 1. The topological polar surface area (TPSA) is 73.3 Å². The fraction of sp³-hybridized carbons (Fsp3) is 0.0625. The Labute approximate surface area is 125 Å². The van der Waals surface area contributed by atoms with Crippen molar-refractivity contribution in [2.45, 2.75) is 6.92 Å². The average Bonchev–Trinajstić information content (AvgIpc) is 2.91. The van der Waals surface area contributed by atoms with Crippen molar-refractivity contribution in [1.82, 2.24) is 14.4 Å². The third-order valence-corrected chi connectivity index (χ3v) is 3.23. The Kier molecular flexibility index (Phi) is 3.42. The summed E-state index contributed by atoms with van der Waals surface area (Å²) in [6.07, 6.45) is 6.44. The molecule has 0 atom stereocenters. The van der Waals surface area contributed by atoms with Gasteiger partial charge in [-0.3, -0.25) is 14.2 Å². The molecule has 3 aromatic rings. The van der Waals surface area contributed by atoms with E-state index in [1.54, 1.807) is 41.8 Å². The van der Waals surface area contributed by atoms with Gasteiger partial charge in [-0.25, -0.2) is 9.37 Å². The van der Waals surface area contributed by atoms with Crippen molar-refractivity contribution in [2.75, 3.05) is 0 Å². The number of nitrogens with zero attached hydrogens (tertiary/aromatic N) is 3. The monoisotopic (exact) mass is 296 g/mol. The molecule has 0 aliphatic heterocycles. The van der Waals surface area contributed by atoms with Crippen molar-refractivity contribution in [3.8, 4) is 0 Å². The van der Waals surface area contributed by atoms with Gasteiger partial charge in [0.1, 0.15) is 17.2 Å². The molecule has 3 aromatic heterocycles. The molecule has 1 amide bonds. The minimum absolute atomic E-state index is 0.265. The van der Waals surface area contributed by atoms with Crippen LogP contribution in [-0.2, 0) is 0 Å². The van der Waals surface area contributed by atoms with Crippen LogP contribution in [0.4, 0.5) is 4.39 Å². The first-order valence-electron chi connectivity index (χ1n) is 6.63. The summed E-state index contributed by atoms with van der Waals surface area (Å²) in [6, 6.07) is 6.57. The standard InChI is InChI=1S/C16H13FN4O/c1-10-2-5-12(17)13(20-10)6-3-11-4-7-15-19-8-14(16(18)22)21(15)9-11/h2-9H,1H3,(H2,18,22)/b6-3-. The van der Waals surface area contributed by atoms with Crippen LogP contribution in [0.2, 0.25) is 0 Å². The number of pyridine rings is 2. The molecule has 2 N–H and O–H groups in total. The van der Waals surface area contributed by atoms with E-state index in [1.807, 2.05) is 6.07 Å². The van der Waals surface area contributed by atoms with Crippen molar-refractivity contribution in [2.24, 2.45) is 5.73 Å². The Bertz CT molecular complexity index is 898. The molecule has 3 heterocycles. The molecule has 3 rings (SSSR count). The smallest absolute Gasteiger partial charge is 0.267 e. The van der Waals surface area contributed by atoms with E-state index in [2.05, 4.69) is 9.97 Å². The van der Waals surface area contributed by atoms with E-state index >= 15 is 0 Å². The number of hydrogen-bond acceptors (Lipinski definition) is 3. The van der Waals surface area contributed by atoms with E-state index in [0.29, 0.717) is 11.3 Å². The SMILES string of the molecule is Cc1ccc(F)c(/C=C\c2ccc3ncc(C(N)=O)n3c2)n1. The molecular formula is C16H13FN4O. The van der Waals surface area contributed by atoms with Crippen LogP contribution in [0.3, 0.4) is 0 Å². The van der Waals surface area contributed by atoms with Gasteiger partial charge in [-0.2, -0.15) is 0 Å².